The highest BCUT2D eigenvalue weighted by molar-refractivity contribution is 6.09. The minimum atomic E-state index is -1.29. The van der Waals surface area contributed by atoms with Gasteiger partial charge in [-0.25, -0.2) is 14.5 Å². The van der Waals surface area contributed by atoms with Gasteiger partial charge in [0, 0.05) is 0 Å². The standard InChI is InChI=1S/C25H28N2O5/c1-5-21(22(28)32-16-18-9-7-6-8-10-18)27-23(29)25(4,26-24(27)30)19-11-13-20(14-12-19)31-15-17(2)3/h6-14,21H,2,5,15-16H2,1,3-4H3,(H,26,30). The van der Waals surface area contributed by atoms with E-state index in [0.717, 1.165) is 16.0 Å². The Balaban J connectivity index is 1.74. The zero-order valence-electron chi connectivity index (χ0n) is 18.6. The van der Waals surface area contributed by atoms with Gasteiger partial charge in [0.2, 0.25) is 0 Å². The van der Waals surface area contributed by atoms with E-state index in [-0.39, 0.29) is 13.0 Å². The second-order valence-corrected chi connectivity index (χ2v) is 8.02. The van der Waals surface area contributed by atoms with Crippen LogP contribution in [0, 0.1) is 0 Å². The molecule has 3 amide bonds. The van der Waals surface area contributed by atoms with Crippen molar-refractivity contribution < 1.29 is 23.9 Å². The molecule has 0 spiro atoms. The van der Waals surface area contributed by atoms with Crippen molar-refractivity contribution >= 4 is 17.9 Å². The number of imide groups is 1. The van der Waals surface area contributed by atoms with Crippen molar-refractivity contribution in [2.45, 2.75) is 45.4 Å². The number of ether oxygens (including phenoxy) is 2. The lowest BCUT2D eigenvalue weighted by molar-refractivity contribution is -0.154. The highest BCUT2D eigenvalue weighted by Crippen LogP contribution is 2.32. The van der Waals surface area contributed by atoms with Crippen LogP contribution in [0.15, 0.2) is 66.7 Å². The van der Waals surface area contributed by atoms with Crippen LogP contribution in [-0.4, -0.2) is 35.5 Å². The van der Waals surface area contributed by atoms with E-state index in [2.05, 4.69) is 11.9 Å². The molecule has 2 aromatic rings. The fraction of sp³-hybridized carbons (Fsp3) is 0.320. The van der Waals surface area contributed by atoms with Crippen LogP contribution in [-0.2, 0) is 26.5 Å². The van der Waals surface area contributed by atoms with Crippen LogP contribution in [0.2, 0.25) is 0 Å². The number of amides is 3. The summed E-state index contributed by atoms with van der Waals surface area (Å²) in [6.07, 6.45) is 0.247. The normalized spacial score (nSPS) is 18.8. The SMILES string of the molecule is C=C(C)COc1ccc(C2(C)NC(=O)N(C(CC)C(=O)OCc3ccccc3)C2=O)cc1. The average molecular weight is 437 g/mol. The summed E-state index contributed by atoms with van der Waals surface area (Å²) in [6.45, 7) is 9.49. The van der Waals surface area contributed by atoms with Gasteiger partial charge in [0.25, 0.3) is 5.91 Å². The number of hydrogen-bond donors (Lipinski definition) is 1. The summed E-state index contributed by atoms with van der Waals surface area (Å²) in [5.41, 5.74) is 1.01. The van der Waals surface area contributed by atoms with Gasteiger partial charge in [-0.3, -0.25) is 4.79 Å². The number of carbonyl (C=O) groups is 3. The molecular formula is C25H28N2O5. The van der Waals surface area contributed by atoms with E-state index in [1.54, 1.807) is 38.1 Å². The highest BCUT2D eigenvalue weighted by atomic mass is 16.5. The first kappa shape index (κ1) is 23.1. The summed E-state index contributed by atoms with van der Waals surface area (Å²) in [6, 6.07) is 14.5. The Morgan fingerprint density at radius 1 is 1.12 bits per heavy atom. The Bertz CT molecular complexity index is 1000. The van der Waals surface area contributed by atoms with Crippen molar-refractivity contribution in [3.63, 3.8) is 0 Å². The fourth-order valence-electron chi connectivity index (χ4n) is 3.51. The van der Waals surface area contributed by atoms with E-state index in [4.69, 9.17) is 9.47 Å². The molecule has 1 fully saturated rings. The van der Waals surface area contributed by atoms with Crippen molar-refractivity contribution in [2.24, 2.45) is 0 Å². The molecule has 2 atom stereocenters. The molecule has 0 aliphatic carbocycles. The molecule has 0 saturated carbocycles. The third-order valence-corrected chi connectivity index (χ3v) is 5.33. The van der Waals surface area contributed by atoms with Crippen molar-refractivity contribution in [3.8, 4) is 5.75 Å². The molecule has 7 nitrogen and oxygen atoms in total. The summed E-state index contributed by atoms with van der Waals surface area (Å²) < 4.78 is 11.0. The zero-order chi connectivity index (χ0) is 23.3. The molecular weight excluding hydrogens is 408 g/mol. The maximum Gasteiger partial charge on any atom is 0.329 e. The summed E-state index contributed by atoms with van der Waals surface area (Å²) in [5, 5.41) is 2.73. The molecule has 32 heavy (non-hydrogen) atoms. The zero-order valence-corrected chi connectivity index (χ0v) is 18.6. The number of hydrogen-bond acceptors (Lipinski definition) is 5. The van der Waals surface area contributed by atoms with Gasteiger partial charge >= 0.3 is 12.0 Å². The van der Waals surface area contributed by atoms with Crippen molar-refractivity contribution in [1.29, 1.82) is 0 Å². The molecule has 1 saturated heterocycles. The third-order valence-electron chi connectivity index (χ3n) is 5.33. The van der Waals surface area contributed by atoms with Crippen molar-refractivity contribution in [2.75, 3.05) is 6.61 Å². The van der Waals surface area contributed by atoms with Gasteiger partial charge in [0.15, 0.2) is 0 Å². The van der Waals surface area contributed by atoms with Crippen LogP contribution < -0.4 is 10.1 Å². The van der Waals surface area contributed by atoms with E-state index in [1.165, 1.54) is 0 Å². The molecule has 0 aromatic heterocycles. The predicted molar refractivity (Wildman–Crippen MR) is 120 cm³/mol. The second kappa shape index (κ2) is 9.68. The van der Waals surface area contributed by atoms with Crippen LogP contribution in [0.4, 0.5) is 4.79 Å². The molecule has 168 valence electrons. The summed E-state index contributed by atoms with van der Waals surface area (Å²) in [4.78, 5) is 39.8. The van der Waals surface area contributed by atoms with Crippen LogP contribution in [0.25, 0.3) is 0 Å². The molecule has 1 heterocycles. The van der Waals surface area contributed by atoms with Gasteiger partial charge in [-0.05, 0) is 49.1 Å². The van der Waals surface area contributed by atoms with E-state index < -0.39 is 29.5 Å². The molecule has 2 unspecified atom stereocenters. The van der Waals surface area contributed by atoms with Crippen LogP contribution in [0.5, 0.6) is 5.75 Å². The maximum absolute atomic E-state index is 13.3. The number of rotatable bonds is 9. The predicted octanol–water partition coefficient (Wildman–Crippen LogP) is 3.93. The molecule has 1 N–H and O–H groups in total. The van der Waals surface area contributed by atoms with E-state index >= 15 is 0 Å². The van der Waals surface area contributed by atoms with Crippen LogP contribution in [0.1, 0.15) is 38.3 Å². The number of esters is 1. The van der Waals surface area contributed by atoms with E-state index in [1.807, 2.05) is 37.3 Å². The Kier molecular flexibility index (Phi) is 6.98. The largest absolute Gasteiger partial charge is 0.489 e. The second-order valence-electron chi connectivity index (χ2n) is 8.02. The number of nitrogens with one attached hydrogen (secondary N) is 1. The maximum atomic E-state index is 13.3. The molecule has 1 aliphatic heterocycles. The highest BCUT2D eigenvalue weighted by Gasteiger charge is 2.52. The van der Waals surface area contributed by atoms with Gasteiger partial charge in [0.05, 0.1) is 0 Å². The molecule has 3 rings (SSSR count). The van der Waals surface area contributed by atoms with Crippen LogP contribution >= 0.6 is 0 Å². The molecule has 0 bridgehead atoms. The summed E-state index contributed by atoms with van der Waals surface area (Å²) >= 11 is 0. The van der Waals surface area contributed by atoms with Crippen molar-refractivity contribution in [3.05, 3.63) is 77.9 Å². The van der Waals surface area contributed by atoms with Gasteiger partial charge in [-0.1, -0.05) is 56.0 Å². The first-order chi connectivity index (χ1) is 15.3. The number of carbonyl (C=O) groups excluding carboxylic acids is 3. The quantitative estimate of drug-likeness (QED) is 0.366. The Morgan fingerprint density at radius 2 is 1.78 bits per heavy atom. The average Bonchev–Trinajstić information content (AvgIpc) is 3.02. The van der Waals surface area contributed by atoms with E-state index in [9.17, 15) is 14.4 Å². The summed E-state index contributed by atoms with van der Waals surface area (Å²) in [7, 11) is 0. The Morgan fingerprint density at radius 3 is 2.38 bits per heavy atom. The number of urea groups is 1. The molecule has 2 aromatic carbocycles. The smallest absolute Gasteiger partial charge is 0.329 e. The van der Waals surface area contributed by atoms with Gasteiger partial charge in [-0.2, -0.15) is 0 Å². The third kappa shape index (κ3) is 4.82. The van der Waals surface area contributed by atoms with Gasteiger partial charge in [0.1, 0.15) is 30.5 Å². The minimum Gasteiger partial charge on any atom is -0.489 e. The van der Waals surface area contributed by atoms with Crippen LogP contribution in [0.3, 0.4) is 0 Å². The van der Waals surface area contributed by atoms with E-state index in [0.29, 0.717) is 17.9 Å². The number of nitrogens with zero attached hydrogens (tertiary/aromatic N) is 1. The minimum absolute atomic E-state index is 0.0722. The lowest BCUT2D eigenvalue weighted by Crippen LogP contribution is -2.47. The Labute approximate surface area is 188 Å². The Hall–Kier alpha value is -3.61. The fourth-order valence-corrected chi connectivity index (χ4v) is 3.51. The summed E-state index contributed by atoms with van der Waals surface area (Å²) in [5.74, 6) is -0.487. The first-order valence-electron chi connectivity index (χ1n) is 10.5. The topological polar surface area (TPSA) is 84.9 Å². The van der Waals surface area contributed by atoms with Crippen molar-refractivity contribution in [1.82, 2.24) is 10.2 Å². The van der Waals surface area contributed by atoms with Gasteiger partial charge in [-0.15, -0.1) is 0 Å². The lowest BCUT2D eigenvalue weighted by Gasteiger charge is -2.25. The monoisotopic (exact) mass is 436 g/mol. The molecule has 0 radical (unpaired) electrons. The number of benzene rings is 2. The molecule has 1 aliphatic rings. The lowest BCUT2D eigenvalue weighted by atomic mass is 9.91. The first-order valence-corrected chi connectivity index (χ1v) is 10.5. The van der Waals surface area contributed by atoms with Gasteiger partial charge < -0.3 is 14.8 Å². The molecule has 7 heteroatoms.